The van der Waals surface area contributed by atoms with E-state index < -0.39 is 12.1 Å². The lowest BCUT2D eigenvalue weighted by atomic mass is 10.0. The molecule has 0 bridgehead atoms. The van der Waals surface area contributed by atoms with E-state index in [9.17, 15) is 19.8 Å². The molecule has 0 aromatic heterocycles. The molecule has 2 atom stereocenters. The van der Waals surface area contributed by atoms with Gasteiger partial charge in [-0.2, -0.15) is 0 Å². The third-order valence-corrected chi connectivity index (χ3v) is 13.1. The second-order valence-electron chi connectivity index (χ2n) is 19.6. The summed E-state index contributed by atoms with van der Waals surface area (Å²) in [4.78, 5) is 24.5. The number of ether oxygens (including phenoxy) is 1. The summed E-state index contributed by atoms with van der Waals surface area (Å²) >= 11 is 0. The average Bonchev–Trinajstić information content (AvgIpc) is 3.31. The summed E-state index contributed by atoms with van der Waals surface area (Å²) in [5, 5.41) is 23.1. The SMILES string of the molecule is CCCCCCCC/C=C\CCCCCCCC(=O)OCCCCC/C=C\CCCCCCCC(=O)NC(CO)C(O)/C=C/CCCCCCCCCCCCCCCCCCCCC. The number of carbonyl (C=O) groups excluding carboxylic acids is 2. The molecule has 0 aliphatic heterocycles. The van der Waals surface area contributed by atoms with E-state index in [-0.39, 0.29) is 18.5 Å². The summed E-state index contributed by atoms with van der Waals surface area (Å²) in [6.45, 7) is 4.85. The number of nitrogens with one attached hydrogen (secondary N) is 1. The van der Waals surface area contributed by atoms with E-state index in [1.54, 1.807) is 6.08 Å². The molecule has 0 saturated carbocycles. The first-order valence-electron chi connectivity index (χ1n) is 28.8. The molecule has 65 heavy (non-hydrogen) atoms. The monoisotopic (exact) mass is 914 g/mol. The third kappa shape index (κ3) is 51.3. The molecular formula is C59H111NO5. The zero-order chi connectivity index (χ0) is 47.2. The van der Waals surface area contributed by atoms with Gasteiger partial charge in [-0.3, -0.25) is 9.59 Å². The van der Waals surface area contributed by atoms with Crippen molar-refractivity contribution in [2.45, 2.75) is 315 Å². The predicted molar refractivity (Wildman–Crippen MR) is 283 cm³/mol. The van der Waals surface area contributed by atoms with Gasteiger partial charge in [0.2, 0.25) is 5.91 Å². The predicted octanol–water partition coefficient (Wildman–Crippen LogP) is 17.6. The van der Waals surface area contributed by atoms with Gasteiger partial charge in [-0.05, 0) is 89.9 Å². The van der Waals surface area contributed by atoms with Crippen LogP contribution in [-0.4, -0.2) is 47.4 Å². The van der Waals surface area contributed by atoms with Gasteiger partial charge >= 0.3 is 5.97 Å². The van der Waals surface area contributed by atoms with Crippen molar-refractivity contribution in [1.82, 2.24) is 5.32 Å². The fourth-order valence-electron chi connectivity index (χ4n) is 8.68. The molecule has 0 saturated heterocycles. The van der Waals surface area contributed by atoms with Gasteiger partial charge in [-0.25, -0.2) is 0 Å². The summed E-state index contributed by atoms with van der Waals surface area (Å²) < 4.78 is 5.45. The molecule has 0 aromatic carbocycles. The van der Waals surface area contributed by atoms with E-state index in [0.717, 1.165) is 83.5 Å². The maximum atomic E-state index is 12.5. The maximum absolute atomic E-state index is 12.5. The Labute approximate surface area is 404 Å². The molecule has 0 radical (unpaired) electrons. The number of unbranched alkanes of at least 4 members (excludes halogenated alkanes) is 38. The normalized spacial score (nSPS) is 12.9. The molecule has 0 rings (SSSR count). The number of aliphatic hydroxyl groups excluding tert-OH is 2. The molecule has 0 fully saturated rings. The van der Waals surface area contributed by atoms with Gasteiger partial charge in [0.25, 0.3) is 0 Å². The van der Waals surface area contributed by atoms with Crippen LogP contribution in [0.3, 0.4) is 0 Å². The molecule has 6 heteroatoms. The Balaban J connectivity index is 3.54. The summed E-state index contributed by atoms with van der Waals surface area (Å²) in [7, 11) is 0. The number of allylic oxidation sites excluding steroid dienone is 5. The molecule has 0 heterocycles. The van der Waals surface area contributed by atoms with Gasteiger partial charge in [0.15, 0.2) is 0 Å². The van der Waals surface area contributed by atoms with Crippen LogP contribution < -0.4 is 5.32 Å². The lowest BCUT2D eigenvalue weighted by molar-refractivity contribution is -0.143. The summed E-state index contributed by atoms with van der Waals surface area (Å²) in [5.74, 6) is -0.125. The van der Waals surface area contributed by atoms with Gasteiger partial charge < -0.3 is 20.3 Å². The Bertz CT molecular complexity index is 1060. The first kappa shape index (κ1) is 63.1. The van der Waals surface area contributed by atoms with E-state index in [1.165, 1.54) is 193 Å². The summed E-state index contributed by atoms with van der Waals surface area (Å²) in [5.41, 5.74) is 0. The smallest absolute Gasteiger partial charge is 0.305 e. The second-order valence-corrected chi connectivity index (χ2v) is 19.6. The minimum Gasteiger partial charge on any atom is -0.466 e. The van der Waals surface area contributed by atoms with Crippen LogP contribution in [0.4, 0.5) is 0 Å². The number of carbonyl (C=O) groups is 2. The molecule has 1 amide bonds. The standard InChI is InChI=1S/C59H111NO5/c1-3-5-7-9-11-13-15-17-19-20-21-22-23-24-26-27-31-35-39-43-47-51-57(62)56(55-61)60-58(63)52-48-44-40-36-32-29-30-34-38-42-46-50-54-65-59(64)53-49-45-41-37-33-28-25-18-16-14-12-10-8-6-4-2/h18,25,30,34,47,51,56-57,61-62H,3-17,19-24,26-29,31-33,35-46,48-50,52-55H2,1-2H3,(H,60,63)/b25-18-,34-30-,51-47+. The molecule has 382 valence electrons. The maximum Gasteiger partial charge on any atom is 0.305 e. The van der Waals surface area contributed by atoms with E-state index in [2.05, 4.69) is 43.5 Å². The highest BCUT2D eigenvalue weighted by Crippen LogP contribution is 2.16. The Morgan fingerprint density at radius 2 is 0.723 bits per heavy atom. The van der Waals surface area contributed by atoms with Crippen molar-refractivity contribution in [3.05, 3.63) is 36.5 Å². The number of amides is 1. The van der Waals surface area contributed by atoms with Crippen molar-refractivity contribution in [1.29, 1.82) is 0 Å². The summed E-state index contributed by atoms with van der Waals surface area (Å²) in [6, 6.07) is -0.648. The van der Waals surface area contributed by atoms with Crippen molar-refractivity contribution in [2.75, 3.05) is 13.2 Å². The largest absolute Gasteiger partial charge is 0.466 e. The number of esters is 1. The third-order valence-electron chi connectivity index (χ3n) is 13.1. The van der Waals surface area contributed by atoms with Crippen LogP contribution in [0.2, 0.25) is 0 Å². The molecule has 0 spiro atoms. The van der Waals surface area contributed by atoms with Crippen LogP contribution in [0.15, 0.2) is 36.5 Å². The molecule has 3 N–H and O–H groups in total. The second kappa shape index (κ2) is 54.7. The van der Waals surface area contributed by atoms with Crippen molar-refractivity contribution in [3.8, 4) is 0 Å². The van der Waals surface area contributed by atoms with Crippen LogP contribution in [0.25, 0.3) is 0 Å². The van der Waals surface area contributed by atoms with Gasteiger partial charge in [0, 0.05) is 12.8 Å². The molecule has 2 unspecified atom stereocenters. The number of hydrogen-bond donors (Lipinski definition) is 3. The van der Waals surface area contributed by atoms with E-state index in [0.29, 0.717) is 19.4 Å². The van der Waals surface area contributed by atoms with Gasteiger partial charge in [-0.15, -0.1) is 0 Å². The highest BCUT2D eigenvalue weighted by molar-refractivity contribution is 5.76. The van der Waals surface area contributed by atoms with Gasteiger partial charge in [-0.1, -0.05) is 237 Å². The van der Waals surface area contributed by atoms with E-state index in [4.69, 9.17) is 4.74 Å². The highest BCUT2D eigenvalue weighted by atomic mass is 16.5. The fraction of sp³-hybridized carbons (Fsp3) is 0.864. The zero-order valence-corrected chi connectivity index (χ0v) is 43.5. The van der Waals surface area contributed by atoms with Gasteiger partial charge in [0.05, 0.1) is 25.4 Å². The Kier molecular flexibility index (Phi) is 53.1. The van der Waals surface area contributed by atoms with Crippen molar-refractivity contribution >= 4 is 11.9 Å². The Morgan fingerprint density at radius 1 is 0.415 bits per heavy atom. The van der Waals surface area contributed by atoms with Crippen molar-refractivity contribution < 1.29 is 24.5 Å². The minimum absolute atomic E-state index is 0.0321. The van der Waals surface area contributed by atoms with Crippen LogP contribution in [0, 0.1) is 0 Å². The van der Waals surface area contributed by atoms with Crippen LogP contribution >= 0.6 is 0 Å². The minimum atomic E-state index is -0.862. The Hall–Kier alpha value is -1.92. The molecule has 0 aromatic rings. The van der Waals surface area contributed by atoms with Crippen molar-refractivity contribution in [3.63, 3.8) is 0 Å². The van der Waals surface area contributed by atoms with Crippen molar-refractivity contribution in [2.24, 2.45) is 0 Å². The number of rotatable bonds is 53. The molecule has 0 aliphatic rings. The number of aliphatic hydroxyl groups is 2. The zero-order valence-electron chi connectivity index (χ0n) is 43.5. The fourth-order valence-corrected chi connectivity index (χ4v) is 8.68. The highest BCUT2D eigenvalue weighted by Gasteiger charge is 2.18. The molecular weight excluding hydrogens is 803 g/mol. The summed E-state index contributed by atoms with van der Waals surface area (Å²) in [6.07, 6.45) is 67.3. The van der Waals surface area contributed by atoms with E-state index in [1.807, 2.05) is 6.08 Å². The quantitative estimate of drug-likeness (QED) is 0.0321. The van der Waals surface area contributed by atoms with Crippen LogP contribution in [0.5, 0.6) is 0 Å². The van der Waals surface area contributed by atoms with Crippen LogP contribution in [-0.2, 0) is 14.3 Å². The lowest BCUT2D eigenvalue weighted by Gasteiger charge is -2.20. The first-order chi connectivity index (χ1) is 32.0. The van der Waals surface area contributed by atoms with E-state index >= 15 is 0 Å². The van der Waals surface area contributed by atoms with Gasteiger partial charge in [0.1, 0.15) is 0 Å². The topological polar surface area (TPSA) is 95.9 Å². The average molecular weight is 915 g/mol. The lowest BCUT2D eigenvalue weighted by Crippen LogP contribution is -2.45. The van der Waals surface area contributed by atoms with Crippen LogP contribution in [0.1, 0.15) is 303 Å². The Morgan fingerprint density at radius 3 is 1.09 bits per heavy atom. The number of hydrogen-bond acceptors (Lipinski definition) is 5. The molecule has 0 aliphatic carbocycles. The molecule has 6 nitrogen and oxygen atoms in total. The first-order valence-corrected chi connectivity index (χ1v) is 28.8.